The van der Waals surface area contributed by atoms with E-state index in [2.05, 4.69) is 5.32 Å². The molecule has 0 heterocycles. The monoisotopic (exact) mass is 374 g/mol. The topological polar surface area (TPSA) is 117 Å². The zero-order valence-electron chi connectivity index (χ0n) is 14.8. The van der Waals surface area contributed by atoms with Crippen molar-refractivity contribution in [1.29, 1.82) is 0 Å². The Morgan fingerprint density at radius 3 is 2.48 bits per heavy atom. The van der Waals surface area contributed by atoms with Crippen molar-refractivity contribution in [2.24, 2.45) is 0 Å². The quantitative estimate of drug-likeness (QED) is 0.427. The summed E-state index contributed by atoms with van der Waals surface area (Å²) < 4.78 is 15.2. The standard InChI is InChI=1S/C18H18N2O7/c1-25-15-7-6-12(8-16(15)26-2)10-19-17(21)11-27-18(22)13-4-3-5-14(9-13)20(23)24/h3-9H,10-11H2,1-2H3,(H,19,21). The van der Waals surface area contributed by atoms with E-state index in [1.807, 2.05) is 0 Å². The number of ether oxygens (including phenoxy) is 3. The fourth-order valence-electron chi connectivity index (χ4n) is 2.20. The van der Waals surface area contributed by atoms with Crippen LogP contribution in [0.1, 0.15) is 15.9 Å². The highest BCUT2D eigenvalue weighted by Crippen LogP contribution is 2.27. The van der Waals surface area contributed by atoms with Gasteiger partial charge in [-0.25, -0.2) is 4.79 Å². The van der Waals surface area contributed by atoms with Crippen LogP contribution in [0.4, 0.5) is 5.69 Å². The van der Waals surface area contributed by atoms with Crippen LogP contribution in [0.5, 0.6) is 11.5 Å². The number of nitrogens with zero attached hydrogens (tertiary/aromatic N) is 1. The van der Waals surface area contributed by atoms with Crippen molar-refractivity contribution < 1.29 is 28.7 Å². The number of benzene rings is 2. The van der Waals surface area contributed by atoms with Crippen LogP contribution in [0.3, 0.4) is 0 Å². The van der Waals surface area contributed by atoms with Gasteiger partial charge in [-0.3, -0.25) is 14.9 Å². The first-order chi connectivity index (χ1) is 12.9. The molecule has 27 heavy (non-hydrogen) atoms. The molecule has 1 N–H and O–H groups in total. The van der Waals surface area contributed by atoms with Crippen LogP contribution in [0, 0.1) is 10.1 Å². The second-order valence-electron chi connectivity index (χ2n) is 5.35. The number of nitro benzene ring substituents is 1. The van der Waals surface area contributed by atoms with Crippen molar-refractivity contribution in [1.82, 2.24) is 5.32 Å². The molecular weight excluding hydrogens is 356 g/mol. The van der Waals surface area contributed by atoms with Crippen molar-refractivity contribution in [2.45, 2.75) is 6.54 Å². The summed E-state index contributed by atoms with van der Waals surface area (Å²) in [5, 5.41) is 13.3. The van der Waals surface area contributed by atoms with E-state index in [0.717, 1.165) is 11.6 Å². The smallest absolute Gasteiger partial charge is 0.338 e. The third-order valence-electron chi connectivity index (χ3n) is 3.56. The molecule has 0 unspecified atom stereocenters. The van der Waals surface area contributed by atoms with Crippen molar-refractivity contribution >= 4 is 17.6 Å². The number of nitrogens with one attached hydrogen (secondary N) is 1. The van der Waals surface area contributed by atoms with Crippen LogP contribution in [0.25, 0.3) is 0 Å². The number of esters is 1. The van der Waals surface area contributed by atoms with Gasteiger partial charge in [0.25, 0.3) is 11.6 Å². The summed E-state index contributed by atoms with van der Waals surface area (Å²) in [4.78, 5) is 33.9. The second-order valence-corrected chi connectivity index (χ2v) is 5.35. The normalized spacial score (nSPS) is 10.0. The van der Waals surface area contributed by atoms with Gasteiger partial charge in [0.05, 0.1) is 24.7 Å². The maximum Gasteiger partial charge on any atom is 0.338 e. The van der Waals surface area contributed by atoms with Crippen LogP contribution in [-0.2, 0) is 16.1 Å². The molecular formula is C18H18N2O7. The van der Waals surface area contributed by atoms with Crippen LogP contribution in [0.15, 0.2) is 42.5 Å². The van der Waals surface area contributed by atoms with E-state index in [4.69, 9.17) is 14.2 Å². The molecule has 2 aromatic rings. The zero-order valence-corrected chi connectivity index (χ0v) is 14.8. The molecule has 0 aliphatic rings. The van der Waals surface area contributed by atoms with Gasteiger partial charge < -0.3 is 19.5 Å². The van der Waals surface area contributed by atoms with Gasteiger partial charge in [0.15, 0.2) is 18.1 Å². The van der Waals surface area contributed by atoms with Crippen LogP contribution >= 0.6 is 0 Å². The molecule has 0 saturated carbocycles. The minimum absolute atomic E-state index is 0.00288. The van der Waals surface area contributed by atoms with Crippen molar-refractivity contribution in [3.63, 3.8) is 0 Å². The lowest BCUT2D eigenvalue weighted by Gasteiger charge is -2.10. The van der Waals surface area contributed by atoms with Gasteiger partial charge in [-0.05, 0) is 23.8 Å². The molecule has 0 atom stereocenters. The second kappa shape index (κ2) is 9.18. The molecule has 9 nitrogen and oxygen atoms in total. The first kappa shape index (κ1) is 19.7. The fourth-order valence-corrected chi connectivity index (χ4v) is 2.20. The third kappa shape index (κ3) is 5.43. The van der Waals surface area contributed by atoms with E-state index in [1.165, 1.54) is 32.4 Å². The Hall–Kier alpha value is -3.62. The molecule has 0 saturated heterocycles. The number of hydrogen-bond acceptors (Lipinski definition) is 7. The lowest BCUT2D eigenvalue weighted by Crippen LogP contribution is -2.28. The van der Waals surface area contributed by atoms with E-state index in [0.29, 0.717) is 11.5 Å². The van der Waals surface area contributed by atoms with Gasteiger partial charge >= 0.3 is 5.97 Å². The lowest BCUT2D eigenvalue weighted by molar-refractivity contribution is -0.384. The predicted molar refractivity (Wildman–Crippen MR) is 94.8 cm³/mol. The summed E-state index contributed by atoms with van der Waals surface area (Å²) in [7, 11) is 3.03. The Bertz CT molecular complexity index is 851. The number of hydrogen-bond donors (Lipinski definition) is 1. The van der Waals surface area contributed by atoms with Crippen molar-refractivity contribution in [3.8, 4) is 11.5 Å². The van der Waals surface area contributed by atoms with E-state index < -0.39 is 23.4 Å². The Morgan fingerprint density at radius 2 is 1.81 bits per heavy atom. The average molecular weight is 374 g/mol. The SMILES string of the molecule is COc1ccc(CNC(=O)COC(=O)c2cccc([N+](=O)[O-])c2)cc1OC. The first-order valence-corrected chi connectivity index (χ1v) is 7.83. The number of carbonyl (C=O) groups excluding carboxylic acids is 2. The van der Waals surface area contributed by atoms with E-state index in [1.54, 1.807) is 18.2 Å². The van der Waals surface area contributed by atoms with Gasteiger partial charge in [-0.15, -0.1) is 0 Å². The summed E-state index contributed by atoms with van der Waals surface area (Å²) in [6.07, 6.45) is 0. The summed E-state index contributed by atoms with van der Waals surface area (Å²) >= 11 is 0. The summed E-state index contributed by atoms with van der Waals surface area (Å²) in [5.74, 6) is -0.233. The highest BCUT2D eigenvalue weighted by Gasteiger charge is 2.14. The first-order valence-electron chi connectivity index (χ1n) is 7.83. The predicted octanol–water partition coefficient (Wildman–Crippen LogP) is 2.09. The zero-order chi connectivity index (χ0) is 19.8. The van der Waals surface area contributed by atoms with Gasteiger partial charge in [0.1, 0.15) is 0 Å². The maximum absolute atomic E-state index is 11.9. The average Bonchev–Trinajstić information content (AvgIpc) is 2.70. The highest BCUT2D eigenvalue weighted by atomic mass is 16.6. The van der Waals surface area contributed by atoms with Crippen molar-refractivity contribution in [2.75, 3.05) is 20.8 Å². The van der Waals surface area contributed by atoms with E-state index in [-0.39, 0.29) is 17.8 Å². The molecule has 0 spiro atoms. The largest absolute Gasteiger partial charge is 0.493 e. The summed E-state index contributed by atoms with van der Waals surface area (Å²) in [5.41, 5.74) is 0.533. The number of amides is 1. The van der Waals surface area contributed by atoms with Crippen LogP contribution in [0.2, 0.25) is 0 Å². The molecule has 0 aromatic heterocycles. The van der Waals surface area contributed by atoms with Crippen LogP contribution in [-0.4, -0.2) is 37.6 Å². The number of carbonyl (C=O) groups is 2. The maximum atomic E-state index is 11.9. The molecule has 0 aliphatic carbocycles. The molecule has 0 aliphatic heterocycles. The Morgan fingerprint density at radius 1 is 1.07 bits per heavy atom. The third-order valence-corrected chi connectivity index (χ3v) is 3.56. The van der Waals surface area contributed by atoms with Gasteiger partial charge in [-0.1, -0.05) is 12.1 Å². The molecule has 9 heteroatoms. The minimum Gasteiger partial charge on any atom is -0.493 e. The molecule has 2 aromatic carbocycles. The molecule has 0 fully saturated rings. The summed E-state index contributed by atoms with van der Waals surface area (Å²) in [6.45, 7) is -0.303. The summed E-state index contributed by atoms with van der Waals surface area (Å²) in [6, 6.07) is 10.3. The van der Waals surface area contributed by atoms with Gasteiger partial charge in [0, 0.05) is 18.7 Å². The van der Waals surface area contributed by atoms with E-state index >= 15 is 0 Å². The Kier molecular flexibility index (Phi) is 6.70. The van der Waals surface area contributed by atoms with Gasteiger partial charge in [0.2, 0.25) is 0 Å². The Labute approximate surface area is 155 Å². The minimum atomic E-state index is -0.819. The molecule has 1 amide bonds. The molecule has 0 radical (unpaired) electrons. The van der Waals surface area contributed by atoms with Gasteiger partial charge in [-0.2, -0.15) is 0 Å². The van der Waals surface area contributed by atoms with Crippen molar-refractivity contribution in [3.05, 3.63) is 63.7 Å². The molecule has 2 rings (SSSR count). The number of non-ortho nitro benzene ring substituents is 1. The fraction of sp³-hybridized carbons (Fsp3) is 0.222. The molecule has 0 bridgehead atoms. The lowest BCUT2D eigenvalue weighted by atomic mass is 10.2. The van der Waals surface area contributed by atoms with Crippen LogP contribution < -0.4 is 14.8 Å². The number of nitro groups is 1. The Balaban J connectivity index is 1.86. The highest BCUT2D eigenvalue weighted by molar-refractivity contribution is 5.91. The number of methoxy groups -OCH3 is 2. The van der Waals surface area contributed by atoms with E-state index in [9.17, 15) is 19.7 Å². The molecule has 142 valence electrons. The number of rotatable bonds is 8.